The summed E-state index contributed by atoms with van der Waals surface area (Å²) in [5.41, 5.74) is 3.64. The summed E-state index contributed by atoms with van der Waals surface area (Å²) >= 11 is 1.77. The van der Waals surface area contributed by atoms with Gasteiger partial charge >= 0.3 is 0 Å². The van der Waals surface area contributed by atoms with Gasteiger partial charge in [-0.25, -0.2) is 4.98 Å². The molecule has 146 valence electrons. The highest BCUT2D eigenvalue weighted by Crippen LogP contribution is 2.23. The van der Waals surface area contributed by atoms with E-state index in [0.29, 0.717) is 12.3 Å². The molecule has 0 radical (unpaired) electrons. The summed E-state index contributed by atoms with van der Waals surface area (Å²) in [6.45, 7) is 5.61. The molecule has 1 saturated heterocycles. The maximum absolute atomic E-state index is 12.5. The molecular formula is C23H27N3OS. The number of unbranched alkanes of at least 4 members (excludes halogenated alkanes) is 1. The summed E-state index contributed by atoms with van der Waals surface area (Å²) in [7, 11) is 0. The van der Waals surface area contributed by atoms with E-state index in [9.17, 15) is 4.79 Å². The van der Waals surface area contributed by atoms with E-state index in [1.165, 1.54) is 21.0 Å². The second-order valence-corrected chi connectivity index (χ2v) is 8.60. The molecule has 0 saturated carbocycles. The third kappa shape index (κ3) is 4.53. The van der Waals surface area contributed by atoms with Gasteiger partial charge in [0.2, 0.25) is 5.91 Å². The zero-order valence-electron chi connectivity index (χ0n) is 16.4. The Labute approximate surface area is 170 Å². The Morgan fingerprint density at radius 2 is 1.86 bits per heavy atom. The summed E-state index contributed by atoms with van der Waals surface area (Å²) in [5, 5.41) is 1.18. The number of aromatic nitrogens is 1. The monoisotopic (exact) mass is 393 g/mol. The van der Waals surface area contributed by atoms with Crippen LogP contribution in [0.2, 0.25) is 0 Å². The van der Waals surface area contributed by atoms with Crippen LogP contribution in [0.4, 0.5) is 5.69 Å². The fourth-order valence-corrected chi connectivity index (χ4v) is 4.79. The van der Waals surface area contributed by atoms with E-state index < -0.39 is 0 Å². The van der Waals surface area contributed by atoms with Crippen molar-refractivity contribution < 1.29 is 4.79 Å². The van der Waals surface area contributed by atoms with Gasteiger partial charge in [-0.2, -0.15) is 0 Å². The van der Waals surface area contributed by atoms with Gasteiger partial charge in [0.1, 0.15) is 0 Å². The molecule has 0 N–H and O–H groups in total. The molecule has 2 heterocycles. The van der Waals surface area contributed by atoms with E-state index in [4.69, 9.17) is 0 Å². The first-order valence-corrected chi connectivity index (χ1v) is 10.9. The summed E-state index contributed by atoms with van der Waals surface area (Å²) in [4.78, 5) is 21.6. The van der Waals surface area contributed by atoms with E-state index in [-0.39, 0.29) is 0 Å². The van der Waals surface area contributed by atoms with Gasteiger partial charge < -0.3 is 9.80 Å². The molecular weight excluding hydrogens is 366 g/mol. The van der Waals surface area contributed by atoms with Gasteiger partial charge in [-0.05, 0) is 56.0 Å². The molecule has 4 rings (SSSR count). The van der Waals surface area contributed by atoms with Gasteiger partial charge in [-0.3, -0.25) is 4.79 Å². The first-order valence-electron chi connectivity index (χ1n) is 10.1. The average Bonchev–Trinajstić information content (AvgIpc) is 3.14. The fourth-order valence-electron chi connectivity index (χ4n) is 3.78. The van der Waals surface area contributed by atoms with E-state index in [1.807, 2.05) is 11.0 Å². The minimum Gasteiger partial charge on any atom is -0.368 e. The zero-order valence-corrected chi connectivity index (χ0v) is 17.3. The molecule has 2 aromatic carbocycles. The van der Waals surface area contributed by atoms with Crippen molar-refractivity contribution >= 4 is 33.1 Å². The fraction of sp³-hybridized carbons (Fsp3) is 0.391. The molecule has 0 bridgehead atoms. The summed E-state index contributed by atoms with van der Waals surface area (Å²) in [5.74, 6) is 0.299. The van der Waals surface area contributed by atoms with Crippen LogP contribution in [-0.2, 0) is 11.2 Å². The minimum atomic E-state index is 0.299. The first-order chi connectivity index (χ1) is 13.7. The highest BCUT2D eigenvalue weighted by Gasteiger charge is 2.20. The average molecular weight is 394 g/mol. The largest absolute Gasteiger partial charge is 0.368 e. The number of rotatable bonds is 6. The van der Waals surface area contributed by atoms with Gasteiger partial charge in [-0.15, -0.1) is 11.3 Å². The van der Waals surface area contributed by atoms with Crippen molar-refractivity contribution in [2.45, 2.75) is 32.6 Å². The number of nitrogens with zero attached hydrogens (tertiary/aromatic N) is 3. The Bertz CT molecular complexity index is 911. The Balaban J connectivity index is 1.19. The van der Waals surface area contributed by atoms with Gasteiger partial charge in [0.25, 0.3) is 0 Å². The highest BCUT2D eigenvalue weighted by molar-refractivity contribution is 7.18. The maximum Gasteiger partial charge on any atom is 0.222 e. The Morgan fingerprint density at radius 3 is 2.64 bits per heavy atom. The molecule has 28 heavy (non-hydrogen) atoms. The van der Waals surface area contributed by atoms with E-state index in [2.05, 4.69) is 59.3 Å². The van der Waals surface area contributed by atoms with Crippen molar-refractivity contribution in [2.24, 2.45) is 0 Å². The number of amides is 1. The smallest absolute Gasteiger partial charge is 0.222 e. The van der Waals surface area contributed by atoms with Crippen molar-refractivity contribution in [2.75, 3.05) is 31.1 Å². The molecule has 4 nitrogen and oxygen atoms in total. The summed E-state index contributed by atoms with van der Waals surface area (Å²) < 4.78 is 1.25. The number of carbonyl (C=O) groups is 1. The summed E-state index contributed by atoms with van der Waals surface area (Å²) in [6.07, 6.45) is 3.57. The Hall–Kier alpha value is -2.40. The lowest BCUT2D eigenvalue weighted by atomic mass is 10.1. The number of benzene rings is 2. The number of anilines is 1. The number of fused-ring (bicyclic) bond motifs is 1. The molecule has 5 heteroatoms. The van der Waals surface area contributed by atoms with Crippen LogP contribution in [0.25, 0.3) is 10.2 Å². The Kier molecular flexibility index (Phi) is 5.91. The molecule has 1 aromatic heterocycles. The van der Waals surface area contributed by atoms with Crippen molar-refractivity contribution in [3.8, 4) is 0 Å². The number of para-hydroxylation sites is 1. The predicted molar refractivity (Wildman–Crippen MR) is 117 cm³/mol. The van der Waals surface area contributed by atoms with Gasteiger partial charge in [0, 0.05) is 38.3 Å². The molecule has 1 aliphatic heterocycles. The molecule has 1 fully saturated rings. The van der Waals surface area contributed by atoms with E-state index in [0.717, 1.165) is 51.0 Å². The van der Waals surface area contributed by atoms with Crippen LogP contribution in [0.15, 0.2) is 48.5 Å². The number of carbonyl (C=O) groups excluding carboxylic acids is 1. The number of hydrogen-bond acceptors (Lipinski definition) is 4. The molecule has 0 unspecified atom stereocenters. The lowest BCUT2D eigenvalue weighted by molar-refractivity contribution is -0.131. The van der Waals surface area contributed by atoms with Crippen LogP contribution in [-0.4, -0.2) is 42.0 Å². The summed E-state index contributed by atoms with van der Waals surface area (Å²) in [6, 6.07) is 16.9. The molecule has 0 aliphatic carbocycles. The topological polar surface area (TPSA) is 36.4 Å². The van der Waals surface area contributed by atoms with Crippen LogP contribution in [0, 0.1) is 6.92 Å². The van der Waals surface area contributed by atoms with Crippen LogP contribution in [0.3, 0.4) is 0 Å². The number of aryl methyl sites for hydroxylation is 2. The molecule has 0 atom stereocenters. The molecule has 1 aliphatic rings. The van der Waals surface area contributed by atoms with Gasteiger partial charge in [-0.1, -0.05) is 24.3 Å². The Morgan fingerprint density at radius 1 is 1.04 bits per heavy atom. The van der Waals surface area contributed by atoms with Gasteiger partial charge in [0.05, 0.1) is 15.2 Å². The van der Waals surface area contributed by atoms with Gasteiger partial charge in [0.15, 0.2) is 0 Å². The normalized spacial score (nSPS) is 14.6. The van der Waals surface area contributed by atoms with Crippen molar-refractivity contribution in [1.29, 1.82) is 0 Å². The predicted octanol–water partition coefficient (Wildman–Crippen LogP) is 4.67. The van der Waals surface area contributed by atoms with Crippen LogP contribution >= 0.6 is 11.3 Å². The molecule has 1 amide bonds. The lowest BCUT2D eigenvalue weighted by Gasteiger charge is -2.36. The van der Waals surface area contributed by atoms with Crippen molar-refractivity contribution in [3.05, 3.63) is 59.1 Å². The molecule has 3 aromatic rings. The quantitative estimate of drug-likeness (QED) is 0.571. The second-order valence-electron chi connectivity index (χ2n) is 7.49. The number of thiazole rings is 1. The zero-order chi connectivity index (χ0) is 19.3. The minimum absolute atomic E-state index is 0.299. The van der Waals surface area contributed by atoms with E-state index in [1.54, 1.807) is 11.3 Å². The van der Waals surface area contributed by atoms with Crippen LogP contribution in [0.5, 0.6) is 0 Å². The third-order valence-electron chi connectivity index (χ3n) is 5.37. The van der Waals surface area contributed by atoms with Crippen molar-refractivity contribution in [3.63, 3.8) is 0 Å². The third-order valence-corrected chi connectivity index (χ3v) is 6.46. The standard InChI is InChI=1S/C23H27N3OS/c1-18-7-6-8-19(17-18)25-13-15-26(16-14-25)23(27)12-5-4-11-22-24-20-9-2-3-10-21(20)28-22/h2-3,6-10,17H,4-5,11-16H2,1H3. The molecule has 0 spiro atoms. The van der Waals surface area contributed by atoms with E-state index >= 15 is 0 Å². The van der Waals surface area contributed by atoms with Crippen LogP contribution in [0.1, 0.15) is 29.8 Å². The number of piperazine rings is 1. The maximum atomic E-state index is 12.5. The first kappa shape index (κ1) is 18.9. The van der Waals surface area contributed by atoms with Crippen molar-refractivity contribution in [1.82, 2.24) is 9.88 Å². The highest BCUT2D eigenvalue weighted by atomic mass is 32.1. The lowest BCUT2D eigenvalue weighted by Crippen LogP contribution is -2.48. The SMILES string of the molecule is Cc1cccc(N2CCN(C(=O)CCCCc3nc4ccccc4s3)CC2)c1. The second kappa shape index (κ2) is 8.74. The number of hydrogen-bond donors (Lipinski definition) is 0. The van der Waals surface area contributed by atoms with Crippen LogP contribution < -0.4 is 4.90 Å².